The zero-order chi connectivity index (χ0) is 23.6. The first-order valence-electron chi connectivity index (χ1n) is 9.72. The number of nitrogens with zero attached hydrogens (tertiary/aromatic N) is 2. The van der Waals surface area contributed by atoms with Crippen LogP contribution in [0, 0.1) is 0 Å². The Morgan fingerprint density at radius 1 is 1.12 bits per heavy atom. The third-order valence-electron chi connectivity index (χ3n) is 4.54. The molecule has 0 saturated heterocycles. The number of fused-ring (bicyclic) bond motifs is 2. The van der Waals surface area contributed by atoms with Gasteiger partial charge in [-0.05, 0) is 30.7 Å². The standard InChI is InChI=1S/C22H16F3N3O4S/c1-2-31-21(30)26-13-7-8-14-12(9-18(29)32-17(14)10-13)11-33-19-15-5-3-4-6-16(15)27-20(28-19)22(23,24)25/h3-10H,2,11H2,1H3,(H,26,30). The summed E-state index contributed by atoms with van der Waals surface area (Å²) in [4.78, 5) is 31.0. The SMILES string of the molecule is CCOC(=O)Nc1ccc2c(CSc3nc(C(F)(F)F)nc4ccccc34)cc(=O)oc2c1. The molecule has 170 valence electrons. The molecule has 0 aliphatic heterocycles. The van der Waals surface area contributed by atoms with Crippen molar-refractivity contribution in [3.63, 3.8) is 0 Å². The molecule has 2 heterocycles. The monoisotopic (exact) mass is 475 g/mol. The molecule has 0 aliphatic carbocycles. The highest BCUT2D eigenvalue weighted by Gasteiger charge is 2.35. The minimum atomic E-state index is -4.69. The number of benzene rings is 2. The first kappa shape index (κ1) is 22.6. The number of carbonyl (C=O) groups is 1. The summed E-state index contributed by atoms with van der Waals surface area (Å²) in [6, 6.07) is 12.4. The molecule has 1 amide bonds. The number of hydrogen-bond donors (Lipinski definition) is 1. The molecule has 0 saturated carbocycles. The van der Waals surface area contributed by atoms with E-state index in [9.17, 15) is 22.8 Å². The van der Waals surface area contributed by atoms with Gasteiger partial charge in [0.25, 0.3) is 0 Å². The fourth-order valence-electron chi connectivity index (χ4n) is 3.14. The van der Waals surface area contributed by atoms with Crippen LogP contribution >= 0.6 is 11.8 Å². The summed E-state index contributed by atoms with van der Waals surface area (Å²) in [5.41, 5.74) is 0.677. The minimum absolute atomic E-state index is 0.148. The molecule has 0 atom stereocenters. The molecule has 4 rings (SSSR count). The Morgan fingerprint density at radius 3 is 2.67 bits per heavy atom. The Kier molecular flexibility index (Phi) is 6.23. The molecule has 0 bridgehead atoms. The Labute approximate surface area is 189 Å². The molecular weight excluding hydrogens is 459 g/mol. The van der Waals surface area contributed by atoms with Gasteiger partial charge in [0, 0.05) is 34.3 Å². The summed E-state index contributed by atoms with van der Waals surface area (Å²) in [6.45, 7) is 1.87. The lowest BCUT2D eigenvalue weighted by Crippen LogP contribution is -2.13. The van der Waals surface area contributed by atoms with E-state index in [0.717, 1.165) is 11.8 Å². The minimum Gasteiger partial charge on any atom is -0.450 e. The molecule has 4 aromatic rings. The van der Waals surface area contributed by atoms with E-state index in [1.54, 1.807) is 37.3 Å². The van der Waals surface area contributed by atoms with E-state index in [-0.39, 0.29) is 28.5 Å². The molecule has 7 nitrogen and oxygen atoms in total. The van der Waals surface area contributed by atoms with Gasteiger partial charge in [0.2, 0.25) is 5.82 Å². The van der Waals surface area contributed by atoms with Crippen LogP contribution in [0.3, 0.4) is 0 Å². The largest absolute Gasteiger partial charge is 0.451 e. The molecule has 11 heteroatoms. The van der Waals surface area contributed by atoms with E-state index in [2.05, 4.69) is 15.3 Å². The van der Waals surface area contributed by atoms with Crippen molar-refractivity contribution in [2.75, 3.05) is 11.9 Å². The molecule has 1 N–H and O–H groups in total. The Bertz CT molecular complexity index is 1410. The molecular formula is C22H16F3N3O4S. The molecule has 0 fully saturated rings. The summed E-state index contributed by atoms with van der Waals surface area (Å²) in [6.07, 6.45) is -5.34. The first-order chi connectivity index (χ1) is 15.7. The van der Waals surface area contributed by atoms with Crippen LogP contribution in [0.4, 0.5) is 23.7 Å². The summed E-state index contributed by atoms with van der Waals surface area (Å²) in [7, 11) is 0. The topological polar surface area (TPSA) is 94.3 Å². The number of rotatable bonds is 5. The van der Waals surface area contributed by atoms with E-state index in [4.69, 9.17) is 9.15 Å². The van der Waals surface area contributed by atoms with Crippen molar-refractivity contribution in [3.05, 3.63) is 70.3 Å². The number of ether oxygens (including phenoxy) is 1. The first-order valence-corrected chi connectivity index (χ1v) is 10.7. The van der Waals surface area contributed by atoms with Gasteiger partial charge in [-0.25, -0.2) is 19.6 Å². The average Bonchev–Trinajstić information content (AvgIpc) is 2.76. The van der Waals surface area contributed by atoms with Crippen molar-refractivity contribution in [1.29, 1.82) is 0 Å². The van der Waals surface area contributed by atoms with E-state index in [1.165, 1.54) is 18.2 Å². The average molecular weight is 475 g/mol. The van der Waals surface area contributed by atoms with Gasteiger partial charge in [0.05, 0.1) is 12.1 Å². The number of hydrogen-bond acceptors (Lipinski definition) is 7. The number of thioether (sulfide) groups is 1. The second-order valence-corrected chi connectivity index (χ2v) is 7.77. The van der Waals surface area contributed by atoms with Crippen LogP contribution in [0.25, 0.3) is 21.9 Å². The lowest BCUT2D eigenvalue weighted by atomic mass is 10.1. The van der Waals surface area contributed by atoms with Crippen molar-refractivity contribution in [2.45, 2.75) is 23.9 Å². The lowest BCUT2D eigenvalue weighted by Gasteiger charge is -2.11. The van der Waals surface area contributed by atoms with E-state index in [1.807, 2.05) is 0 Å². The maximum Gasteiger partial charge on any atom is 0.451 e. The van der Waals surface area contributed by atoms with Gasteiger partial charge in [-0.1, -0.05) is 18.2 Å². The lowest BCUT2D eigenvalue weighted by molar-refractivity contribution is -0.145. The maximum absolute atomic E-state index is 13.3. The molecule has 0 unspecified atom stereocenters. The van der Waals surface area contributed by atoms with Gasteiger partial charge < -0.3 is 9.15 Å². The zero-order valence-electron chi connectivity index (χ0n) is 17.1. The highest BCUT2D eigenvalue weighted by atomic mass is 32.2. The van der Waals surface area contributed by atoms with Crippen molar-refractivity contribution in [2.24, 2.45) is 0 Å². The van der Waals surface area contributed by atoms with Crippen LogP contribution < -0.4 is 10.9 Å². The van der Waals surface area contributed by atoms with Crippen molar-refractivity contribution in [3.8, 4) is 0 Å². The summed E-state index contributed by atoms with van der Waals surface area (Å²) >= 11 is 1.06. The second-order valence-electron chi connectivity index (χ2n) is 6.80. The molecule has 2 aromatic heterocycles. The molecule has 0 spiro atoms. The number of amides is 1. The van der Waals surface area contributed by atoms with E-state index >= 15 is 0 Å². The van der Waals surface area contributed by atoms with Gasteiger partial charge in [0.15, 0.2) is 0 Å². The fraction of sp³-hybridized carbons (Fsp3) is 0.182. The van der Waals surface area contributed by atoms with Gasteiger partial charge in [-0.2, -0.15) is 13.2 Å². The van der Waals surface area contributed by atoms with Gasteiger partial charge in [0.1, 0.15) is 10.6 Å². The van der Waals surface area contributed by atoms with Gasteiger partial charge in [-0.15, -0.1) is 11.8 Å². The van der Waals surface area contributed by atoms with Crippen LogP contribution in [-0.4, -0.2) is 22.7 Å². The smallest absolute Gasteiger partial charge is 0.450 e. The van der Waals surface area contributed by atoms with Crippen molar-refractivity contribution in [1.82, 2.24) is 9.97 Å². The van der Waals surface area contributed by atoms with Crippen LogP contribution in [0.15, 0.2) is 62.8 Å². The van der Waals surface area contributed by atoms with Crippen molar-refractivity contribution >= 4 is 45.4 Å². The fourth-order valence-corrected chi connectivity index (χ4v) is 4.15. The molecule has 0 radical (unpaired) electrons. The van der Waals surface area contributed by atoms with Crippen molar-refractivity contribution < 1.29 is 27.1 Å². The third kappa shape index (κ3) is 5.08. The molecule has 0 aliphatic rings. The van der Waals surface area contributed by atoms with E-state index < -0.39 is 23.7 Å². The zero-order valence-corrected chi connectivity index (χ0v) is 17.9. The van der Waals surface area contributed by atoms with Gasteiger partial charge in [-0.3, -0.25) is 5.32 Å². The Morgan fingerprint density at radius 2 is 1.91 bits per heavy atom. The predicted octanol–water partition coefficient (Wildman–Crippen LogP) is 5.62. The van der Waals surface area contributed by atoms with Crippen LogP contribution in [-0.2, 0) is 16.7 Å². The van der Waals surface area contributed by atoms with Crippen LogP contribution in [0.5, 0.6) is 0 Å². The Balaban J connectivity index is 1.68. The predicted molar refractivity (Wildman–Crippen MR) is 117 cm³/mol. The highest BCUT2D eigenvalue weighted by molar-refractivity contribution is 7.98. The Hall–Kier alpha value is -3.60. The van der Waals surface area contributed by atoms with E-state index in [0.29, 0.717) is 22.0 Å². The van der Waals surface area contributed by atoms with Crippen LogP contribution in [0.1, 0.15) is 18.3 Å². The number of aromatic nitrogens is 2. The maximum atomic E-state index is 13.3. The second kappa shape index (κ2) is 9.10. The quantitative estimate of drug-likeness (QED) is 0.228. The number of para-hydroxylation sites is 1. The number of carbonyl (C=O) groups excluding carboxylic acids is 1. The molecule has 33 heavy (non-hydrogen) atoms. The number of nitrogens with one attached hydrogen (secondary N) is 1. The summed E-state index contributed by atoms with van der Waals surface area (Å²) in [5, 5.41) is 3.72. The van der Waals surface area contributed by atoms with Gasteiger partial charge >= 0.3 is 17.9 Å². The number of halogens is 3. The number of anilines is 1. The molecule has 2 aromatic carbocycles. The van der Waals surface area contributed by atoms with Crippen LogP contribution in [0.2, 0.25) is 0 Å². The highest BCUT2D eigenvalue weighted by Crippen LogP contribution is 2.34. The normalized spacial score (nSPS) is 11.6. The number of alkyl halides is 3. The summed E-state index contributed by atoms with van der Waals surface area (Å²) in [5.74, 6) is -1.07. The summed E-state index contributed by atoms with van der Waals surface area (Å²) < 4.78 is 49.9. The third-order valence-corrected chi connectivity index (χ3v) is 5.58.